The number of ether oxygens (including phenoxy) is 1. The highest BCUT2D eigenvalue weighted by molar-refractivity contribution is 6.05. The zero-order valence-electron chi connectivity index (χ0n) is 19.8. The summed E-state index contributed by atoms with van der Waals surface area (Å²) >= 11 is 0. The van der Waals surface area contributed by atoms with Gasteiger partial charge in [0, 0.05) is 43.5 Å². The summed E-state index contributed by atoms with van der Waals surface area (Å²) in [6.45, 7) is 7.47. The molecule has 0 aliphatic carbocycles. The summed E-state index contributed by atoms with van der Waals surface area (Å²) in [5.74, 6) is -1.26. The summed E-state index contributed by atoms with van der Waals surface area (Å²) in [4.78, 5) is 28.9. The number of carbonyl (C=O) groups is 2. The molecule has 0 atom stereocenters. The number of piperidine rings is 1. The van der Waals surface area contributed by atoms with Gasteiger partial charge in [-0.25, -0.2) is 4.79 Å². The third kappa shape index (κ3) is 7.04. The maximum Gasteiger partial charge on any atom is 0.337 e. The van der Waals surface area contributed by atoms with Crippen molar-refractivity contribution in [1.82, 2.24) is 4.90 Å². The first kappa shape index (κ1) is 24.7. The van der Waals surface area contributed by atoms with Crippen LogP contribution in [-0.2, 0) is 4.74 Å². The van der Waals surface area contributed by atoms with Crippen molar-refractivity contribution in [3.63, 3.8) is 0 Å². The number of nitrogens with one attached hydrogen (secondary N) is 1. The molecule has 1 fully saturated rings. The molecule has 0 spiro atoms. The Hall–Kier alpha value is -2.90. The molecule has 2 N–H and O–H groups in total. The van der Waals surface area contributed by atoms with Gasteiger partial charge >= 0.3 is 5.97 Å². The highest BCUT2D eigenvalue weighted by Crippen LogP contribution is 2.28. The first-order chi connectivity index (χ1) is 15.8. The van der Waals surface area contributed by atoms with Crippen LogP contribution >= 0.6 is 0 Å². The summed E-state index contributed by atoms with van der Waals surface area (Å²) in [6.07, 6.45) is 3.23. The Bertz CT molecular complexity index is 924. The molecule has 1 amide bonds. The smallest absolute Gasteiger partial charge is 0.337 e. The highest BCUT2D eigenvalue weighted by Gasteiger charge is 2.25. The van der Waals surface area contributed by atoms with Gasteiger partial charge in [0.05, 0.1) is 17.4 Å². The molecule has 7 heteroatoms. The SMILES string of the molecule is CC(C)OCCCN(C)C1CCN(c2ccc(NC(=O)c3ccccc3)cc2C(=O)O)CC1. The molecule has 178 valence electrons. The lowest BCUT2D eigenvalue weighted by Gasteiger charge is -2.38. The van der Waals surface area contributed by atoms with Crippen molar-refractivity contribution < 1.29 is 19.4 Å². The third-order valence-electron chi connectivity index (χ3n) is 6.06. The average Bonchev–Trinajstić information content (AvgIpc) is 2.82. The van der Waals surface area contributed by atoms with Gasteiger partial charge in [-0.05, 0) is 70.5 Å². The van der Waals surface area contributed by atoms with Crippen molar-refractivity contribution in [3.05, 3.63) is 59.7 Å². The molecular weight excluding hydrogens is 418 g/mol. The number of hydrogen-bond acceptors (Lipinski definition) is 5. The maximum atomic E-state index is 12.4. The Morgan fingerprint density at radius 3 is 2.48 bits per heavy atom. The summed E-state index contributed by atoms with van der Waals surface area (Å²) in [7, 11) is 2.16. The third-order valence-corrected chi connectivity index (χ3v) is 6.06. The first-order valence-electron chi connectivity index (χ1n) is 11.7. The van der Waals surface area contributed by atoms with Gasteiger partial charge in [0.15, 0.2) is 0 Å². The van der Waals surface area contributed by atoms with E-state index in [2.05, 4.69) is 36.0 Å². The second-order valence-electron chi connectivity index (χ2n) is 8.83. The van der Waals surface area contributed by atoms with Gasteiger partial charge in [0.2, 0.25) is 0 Å². The van der Waals surface area contributed by atoms with Crippen molar-refractivity contribution >= 4 is 23.3 Å². The van der Waals surface area contributed by atoms with E-state index in [0.717, 1.165) is 45.5 Å². The summed E-state index contributed by atoms with van der Waals surface area (Å²) in [6, 6.07) is 14.5. The topological polar surface area (TPSA) is 82.1 Å². The molecule has 0 aromatic heterocycles. The predicted molar refractivity (Wildman–Crippen MR) is 131 cm³/mol. The van der Waals surface area contributed by atoms with E-state index in [1.165, 1.54) is 0 Å². The molecule has 1 heterocycles. The van der Waals surface area contributed by atoms with Gasteiger partial charge in [-0.2, -0.15) is 0 Å². The van der Waals surface area contributed by atoms with E-state index in [4.69, 9.17) is 4.74 Å². The molecule has 1 saturated heterocycles. The van der Waals surface area contributed by atoms with Gasteiger partial charge < -0.3 is 25.0 Å². The molecule has 3 rings (SSSR count). The largest absolute Gasteiger partial charge is 0.478 e. The number of aromatic carboxylic acids is 1. The number of nitrogens with zero attached hydrogens (tertiary/aromatic N) is 2. The minimum atomic E-state index is -0.995. The Morgan fingerprint density at radius 1 is 1.15 bits per heavy atom. The van der Waals surface area contributed by atoms with Gasteiger partial charge in [0.1, 0.15) is 0 Å². The van der Waals surface area contributed by atoms with Crippen molar-refractivity contribution in [1.29, 1.82) is 0 Å². The number of carboxylic acid groups (broad SMARTS) is 1. The second-order valence-corrected chi connectivity index (χ2v) is 8.83. The molecule has 2 aromatic carbocycles. The Morgan fingerprint density at radius 2 is 1.85 bits per heavy atom. The average molecular weight is 454 g/mol. The number of carbonyl (C=O) groups excluding carboxylic acids is 1. The molecule has 1 aliphatic rings. The number of hydrogen-bond donors (Lipinski definition) is 2. The fraction of sp³-hybridized carbons (Fsp3) is 0.462. The molecular formula is C26H35N3O4. The predicted octanol–water partition coefficient (Wildman–Crippen LogP) is 4.35. The molecule has 0 saturated carbocycles. The van der Waals surface area contributed by atoms with Crippen LogP contribution < -0.4 is 10.2 Å². The summed E-state index contributed by atoms with van der Waals surface area (Å²) in [5.41, 5.74) is 1.91. The van der Waals surface area contributed by atoms with E-state index in [9.17, 15) is 14.7 Å². The van der Waals surface area contributed by atoms with Crippen LogP contribution in [0.15, 0.2) is 48.5 Å². The molecule has 0 bridgehead atoms. The molecule has 33 heavy (non-hydrogen) atoms. The fourth-order valence-electron chi connectivity index (χ4n) is 4.22. The van der Waals surface area contributed by atoms with Crippen molar-refractivity contribution in [3.8, 4) is 0 Å². The van der Waals surface area contributed by atoms with Crippen molar-refractivity contribution in [2.75, 3.05) is 43.5 Å². The van der Waals surface area contributed by atoms with Gasteiger partial charge in [0.25, 0.3) is 5.91 Å². The van der Waals surface area contributed by atoms with E-state index in [1.807, 2.05) is 6.07 Å². The minimum Gasteiger partial charge on any atom is -0.478 e. The van der Waals surface area contributed by atoms with Crippen LogP contribution in [0.5, 0.6) is 0 Å². The number of anilines is 2. The number of rotatable bonds is 10. The van der Waals surface area contributed by atoms with Crippen molar-refractivity contribution in [2.24, 2.45) is 0 Å². The molecule has 2 aromatic rings. The van der Waals surface area contributed by atoms with E-state index >= 15 is 0 Å². The van der Waals surface area contributed by atoms with Crippen LogP contribution in [0.25, 0.3) is 0 Å². The van der Waals surface area contributed by atoms with Crippen molar-refractivity contribution in [2.45, 2.75) is 45.3 Å². The molecule has 1 aliphatic heterocycles. The van der Waals surface area contributed by atoms with E-state index in [-0.39, 0.29) is 17.6 Å². The van der Waals surface area contributed by atoms with Crippen LogP contribution in [-0.4, -0.2) is 67.3 Å². The van der Waals surface area contributed by atoms with Crippen LogP contribution in [0.2, 0.25) is 0 Å². The van der Waals surface area contributed by atoms with E-state index in [0.29, 0.717) is 23.0 Å². The Kier molecular flexibility index (Phi) is 8.86. The normalized spacial score (nSPS) is 14.6. The van der Waals surface area contributed by atoms with Gasteiger partial charge in [-0.3, -0.25) is 4.79 Å². The minimum absolute atomic E-state index is 0.207. The lowest BCUT2D eigenvalue weighted by molar-refractivity contribution is 0.0682. The Labute approximate surface area is 196 Å². The van der Waals surface area contributed by atoms with Gasteiger partial charge in [-0.15, -0.1) is 0 Å². The van der Waals surface area contributed by atoms with Crippen LogP contribution in [0.3, 0.4) is 0 Å². The van der Waals surface area contributed by atoms with E-state index in [1.54, 1.807) is 42.5 Å². The Balaban J connectivity index is 1.59. The fourth-order valence-corrected chi connectivity index (χ4v) is 4.22. The number of amides is 1. The van der Waals surface area contributed by atoms with Crippen LogP contribution in [0.1, 0.15) is 53.8 Å². The lowest BCUT2D eigenvalue weighted by Crippen LogP contribution is -2.44. The molecule has 7 nitrogen and oxygen atoms in total. The quantitative estimate of drug-likeness (QED) is 0.521. The summed E-state index contributed by atoms with van der Waals surface area (Å²) in [5, 5.41) is 12.6. The zero-order valence-corrected chi connectivity index (χ0v) is 19.8. The summed E-state index contributed by atoms with van der Waals surface area (Å²) < 4.78 is 5.63. The zero-order chi connectivity index (χ0) is 23.8. The maximum absolute atomic E-state index is 12.4. The van der Waals surface area contributed by atoms with Gasteiger partial charge in [-0.1, -0.05) is 18.2 Å². The van der Waals surface area contributed by atoms with E-state index < -0.39 is 5.97 Å². The van der Waals surface area contributed by atoms with Crippen LogP contribution in [0, 0.1) is 0 Å². The molecule has 0 radical (unpaired) electrons. The van der Waals surface area contributed by atoms with Crippen LogP contribution in [0.4, 0.5) is 11.4 Å². The number of benzene rings is 2. The first-order valence-corrected chi connectivity index (χ1v) is 11.7. The number of carboxylic acids is 1. The highest BCUT2D eigenvalue weighted by atomic mass is 16.5. The second kappa shape index (κ2) is 11.8. The lowest BCUT2D eigenvalue weighted by atomic mass is 10.0. The standard InChI is InChI=1S/C26H35N3O4/c1-19(2)33-17-7-14-28(3)22-12-15-29(16-13-22)24-11-10-21(18-23(24)26(31)32)27-25(30)20-8-5-4-6-9-20/h4-6,8-11,18-19,22H,7,12-17H2,1-3H3,(H,27,30)(H,31,32). The molecule has 0 unspecified atom stereocenters. The monoisotopic (exact) mass is 453 g/mol.